The van der Waals surface area contributed by atoms with Crippen LogP contribution in [0.2, 0.25) is 0 Å². The average Bonchev–Trinajstić information content (AvgIpc) is 3.11. The summed E-state index contributed by atoms with van der Waals surface area (Å²) in [5, 5.41) is 0.731. The molecule has 0 aliphatic heterocycles. The lowest BCUT2D eigenvalue weighted by molar-refractivity contribution is -0.150. The monoisotopic (exact) mass is 396 g/mol. The fraction of sp³-hybridized carbons (Fsp3) is 0.333. The van der Waals surface area contributed by atoms with Gasteiger partial charge in [-0.2, -0.15) is 0 Å². The van der Waals surface area contributed by atoms with Crippen molar-refractivity contribution in [3.63, 3.8) is 0 Å². The molecular weight excluding hydrogens is 368 g/mol. The fourth-order valence-corrected chi connectivity index (χ4v) is 3.11. The van der Waals surface area contributed by atoms with Gasteiger partial charge < -0.3 is 13.9 Å². The van der Waals surface area contributed by atoms with E-state index in [1.807, 2.05) is 38.1 Å². The number of ketones is 1. The molecule has 0 fully saturated rings. The quantitative estimate of drug-likeness (QED) is 0.410. The molecule has 0 unspecified atom stereocenters. The summed E-state index contributed by atoms with van der Waals surface area (Å²) in [6.45, 7) is 7.54. The minimum Gasteiger partial charge on any atom is -0.497 e. The molecule has 3 rings (SSSR count). The summed E-state index contributed by atoms with van der Waals surface area (Å²) < 4.78 is 16.0. The molecule has 29 heavy (non-hydrogen) atoms. The van der Waals surface area contributed by atoms with Crippen LogP contribution < -0.4 is 4.74 Å². The van der Waals surface area contributed by atoms with E-state index in [0.29, 0.717) is 28.2 Å². The zero-order valence-corrected chi connectivity index (χ0v) is 17.9. The number of carbonyl (C=O) groups is 2. The summed E-state index contributed by atoms with van der Waals surface area (Å²) in [5.41, 5.74) is 0.801. The largest absolute Gasteiger partial charge is 0.497 e. The maximum atomic E-state index is 13.3. The third kappa shape index (κ3) is 4.67. The molecule has 0 spiro atoms. The van der Waals surface area contributed by atoms with Crippen LogP contribution in [0, 0.1) is 5.41 Å². The zero-order valence-electron chi connectivity index (χ0n) is 17.9. The molecule has 1 heterocycles. The fourth-order valence-electron chi connectivity index (χ4n) is 3.11. The van der Waals surface area contributed by atoms with Crippen LogP contribution in [0.5, 0.6) is 5.75 Å². The highest BCUT2D eigenvalue weighted by Gasteiger charge is 2.33. The van der Waals surface area contributed by atoms with Crippen molar-refractivity contribution in [3.8, 4) is 5.75 Å². The average molecular weight is 396 g/mol. The lowest BCUT2D eigenvalue weighted by Gasteiger charge is -2.20. The van der Waals surface area contributed by atoms with Crippen molar-refractivity contribution in [1.29, 1.82) is 0 Å². The number of para-hydroxylation sites is 1. The molecule has 3 aromatic rings. The van der Waals surface area contributed by atoms with E-state index >= 15 is 0 Å². The summed E-state index contributed by atoms with van der Waals surface area (Å²) in [7, 11) is 2.93. The minimum absolute atomic E-state index is 0.154. The minimum atomic E-state index is -0.822. The Labute approximate surface area is 171 Å². The maximum absolute atomic E-state index is 13.3. The Morgan fingerprint density at radius 3 is 2.17 bits per heavy atom. The van der Waals surface area contributed by atoms with Gasteiger partial charge in [-0.3, -0.25) is 9.59 Å². The van der Waals surface area contributed by atoms with Crippen molar-refractivity contribution in [2.75, 3.05) is 14.2 Å². The number of ether oxygens (including phenoxy) is 2. The Balaban J connectivity index is 0.00000145. The molecule has 0 atom stereocenters. The molecule has 2 aromatic carbocycles. The molecule has 0 radical (unpaired) electrons. The highest BCUT2D eigenvalue weighted by molar-refractivity contribution is 6.17. The number of rotatable bonds is 6. The van der Waals surface area contributed by atoms with Gasteiger partial charge in [-0.05, 0) is 44.2 Å². The summed E-state index contributed by atoms with van der Waals surface area (Å²) in [6.07, 6.45) is 0.256. The number of hydrogen-bond donors (Lipinski definition) is 0. The first kappa shape index (κ1) is 22.2. The standard InChI is InChI=1S/C22H22O5.C2H6/c1-22(2,21(24)26-4)13-18-19(16-7-5-6-8-17(16)27-18)20(23)14-9-11-15(25-3)12-10-14;1-2/h5-12H,13H2,1-4H3;1-2H3. The normalized spacial score (nSPS) is 10.8. The summed E-state index contributed by atoms with van der Waals surface area (Å²) in [6, 6.07) is 14.3. The van der Waals surface area contributed by atoms with E-state index in [1.165, 1.54) is 7.11 Å². The van der Waals surface area contributed by atoms with Gasteiger partial charge in [0, 0.05) is 17.4 Å². The van der Waals surface area contributed by atoms with Crippen LogP contribution in [0.15, 0.2) is 52.9 Å². The van der Waals surface area contributed by atoms with E-state index in [0.717, 1.165) is 5.39 Å². The Bertz CT molecular complexity index is 980. The predicted octanol–water partition coefficient (Wildman–Crippen LogP) is 5.44. The van der Waals surface area contributed by atoms with Gasteiger partial charge in [-0.15, -0.1) is 0 Å². The predicted molar refractivity (Wildman–Crippen MR) is 113 cm³/mol. The number of hydrogen-bond acceptors (Lipinski definition) is 5. The Morgan fingerprint density at radius 2 is 1.59 bits per heavy atom. The molecule has 154 valence electrons. The van der Waals surface area contributed by atoms with Crippen LogP contribution >= 0.6 is 0 Å². The van der Waals surface area contributed by atoms with E-state index < -0.39 is 5.41 Å². The molecule has 0 aliphatic carbocycles. The summed E-state index contributed by atoms with van der Waals surface area (Å²) in [4.78, 5) is 25.4. The van der Waals surface area contributed by atoms with Crippen LogP contribution in [0.25, 0.3) is 11.0 Å². The van der Waals surface area contributed by atoms with Crippen LogP contribution in [0.3, 0.4) is 0 Å². The maximum Gasteiger partial charge on any atom is 0.311 e. The second kappa shape index (κ2) is 9.41. The number of furan rings is 1. The second-order valence-electron chi connectivity index (χ2n) is 7.01. The van der Waals surface area contributed by atoms with Crippen LogP contribution in [-0.2, 0) is 16.0 Å². The Morgan fingerprint density at radius 1 is 0.966 bits per heavy atom. The van der Waals surface area contributed by atoms with Crippen molar-refractivity contribution in [1.82, 2.24) is 0 Å². The van der Waals surface area contributed by atoms with Gasteiger partial charge in [0.05, 0.1) is 25.2 Å². The molecular formula is C24H28O5. The van der Waals surface area contributed by atoms with Crippen molar-refractivity contribution >= 4 is 22.7 Å². The Kier molecular flexibility index (Phi) is 7.21. The smallest absolute Gasteiger partial charge is 0.311 e. The van der Waals surface area contributed by atoms with Crippen molar-refractivity contribution in [2.45, 2.75) is 34.1 Å². The molecule has 0 bridgehead atoms. The SMILES string of the molecule is CC.COC(=O)C(C)(C)Cc1oc2ccccc2c1C(=O)c1ccc(OC)cc1. The number of fused-ring (bicyclic) bond motifs is 1. The van der Waals surface area contributed by atoms with E-state index in [1.54, 1.807) is 45.2 Å². The van der Waals surface area contributed by atoms with Crippen molar-refractivity contribution in [2.24, 2.45) is 5.41 Å². The van der Waals surface area contributed by atoms with E-state index in [-0.39, 0.29) is 18.2 Å². The van der Waals surface area contributed by atoms with Gasteiger partial charge >= 0.3 is 5.97 Å². The third-order valence-corrected chi connectivity index (χ3v) is 4.59. The van der Waals surface area contributed by atoms with Gasteiger partial charge in [-0.1, -0.05) is 32.0 Å². The summed E-state index contributed by atoms with van der Waals surface area (Å²) in [5.74, 6) is 0.645. The number of methoxy groups -OCH3 is 2. The lowest BCUT2D eigenvalue weighted by Crippen LogP contribution is -2.28. The van der Waals surface area contributed by atoms with Gasteiger partial charge in [0.1, 0.15) is 17.1 Å². The second-order valence-corrected chi connectivity index (χ2v) is 7.01. The zero-order chi connectivity index (χ0) is 21.6. The Hall–Kier alpha value is -3.08. The van der Waals surface area contributed by atoms with Gasteiger partial charge in [0.15, 0.2) is 5.78 Å². The molecule has 5 heteroatoms. The van der Waals surface area contributed by atoms with Crippen LogP contribution in [0.1, 0.15) is 49.4 Å². The highest BCUT2D eigenvalue weighted by atomic mass is 16.5. The molecule has 0 amide bonds. The van der Waals surface area contributed by atoms with E-state index in [2.05, 4.69) is 0 Å². The van der Waals surface area contributed by atoms with Gasteiger partial charge in [0.2, 0.25) is 0 Å². The molecule has 5 nitrogen and oxygen atoms in total. The number of benzene rings is 2. The first-order chi connectivity index (χ1) is 13.9. The third-order valence-electron chi connectivity index (χ3n) is 4.59. The molecule has 1 aromatic heterocycles. The highest BCUT2D eigenvalue weighted by Crippen LogP contribution is 2.33. The molecule has 0 saturated heterocycles. The summed E-state index contributed by atoms with van der Waals surface area (Å²) >= 11 is 0. The molecule has 0 N–H and O–H groups in total. The van der Waals surface area contributed by atoms with Gasteiger partial charge in [0.25, 0.3) is 0 Å². The topological polar surface area (TPSA) is 65.7 Å². The van der Waals surface area contributed by atoms with Crippen molar-refractivity contribution < 1.29 is 23.5 Å². The number of carbonyl (C=O) groups excluding carboxylic acids is 2. The van der Waals surface area contributed by atoms with Crippen LogP contribution in [-0.4, -0.2) is 26.0 Å². The van der Waals surface area contributed by atoms with Gasteiger partial charge in [-0.25, -0.2) is 0 Å². The van der Waals surface area contributed by atoms with E-state index in [9.17, 15) is 9.59 Å². The first-order valence-electron chi connectivity index (χ1n) is 9.65. The van der Waals surface area contributed by atoms with Crippen molar-refractivity contribution in [3.05, 3.63) is 65.4 Å². The molecule has 0 saturated carbocycles. The molecule has 0 aliphatic rings. The van der Waals surface area contributed by atoms with Crippen LogP contribution in [0.4, 0.5) is 0 Å². The number of esters is 1. The first-order valence-corrected chi connectivity index (χ1v) is 9.65. The van der Waals surface area contributed by atoms with E-state index in [4.69, 9.17) is 13.9 Å². The lowest BCUT2D eigenvalue weighted by atomic mass is 9.86.